The van der Waals surface area contributed by atoms with Crippen molar-refractivity contribution in [2.24, 2.45) is 0 Å². The van der Waals surface area contributed by atoms with Crippen LogP contribution in [0.1, 0.15) is 33.9 Å². The molecule has 3 aromatic carbocycles. The molecule has 7 heteroatoms. The van der Waals surface area contributed by atoms with Crippen molar-refractivity contribution >= 4 is 17.6 Å². The number of halogens is 1. The number of nitrogens with zero attached hydrogens (tertiary/aromatic N) is 1. The highest BCUT2D eigenvalue weighted by atomic mass is 35.5. The molecule has 0 atom stereocenters. The van der Waals surface area contributed by atoms with Crippen molar-refractivity contribution in [2.45, 2.75) is 33.5 Å². The maximum atomic E-state index is 10.7. The van der Waals surface area contributed by atoms with E-state index in [1.54, 1.807) is 0 Å². The van der Waals surface area contributed by atoms with Crippen molar-refractivity contribution in [3.63, 3.8) is 0 Å². The van der Waals surface area contributed by atoms with E-state index in [0.29, 0.717) is 29.7 Å². The molecule has 0 fully saturated rings. The number of benzene rings is 3. The van der Waals surface area contributed by atoms with Crippen LogP contribution in [-0.2, 0) is 29.2 Å². The van der Waals surface area contributed by atoms with Gasteiger partial charge in [-0.2, -0.15) is 0 Å². The van der Waals surface area contributed by atoms with E-state index < -0.39 is 5.97 Å². The second kappa shape index (κ2) is 11.2. The van der Waals surface area contributed by atoms with Crippen molar-refractivity contribution < 1.29 is 23.8 Å². The van der Waals surface area contributed by atoms with E-state index in [9.17, 15) is 4.79 Å². The molecular weight excluding hydrogens is 466 g/mol. The Morgan fingerprint density at radius 3 is 2.54 bits per heavy atom. The minimum absolute atomic E-state index is 0.217. The maximum absolute atomic E-state index is 10.7. The molecule has 6 nitrogen and oxygen atoms in total. The van der Waals surface area contributed by atoms with Crippen molar-refractivity contribution in [1.82, 2.24) is 4.98 Å². The highest BCUT2D eigenvalue weighted by molar-refractivity contribution is 6.30. The lowest BCUT2D eigenvalue weighted by atomic mass is 10.1. The van der Waals surface area contributed by atoms with Crippen LogP contribution in [0, 0.1) is 13.8 Å². The molecule has 0 unspecified atom stereocenters. The van der Waals surface area contributed by atoms with Gasteiger partial charge in [-0.05, 0) is 66.9 Å². The summed E-state index contributed by atoms with van der Waals surface area (Å²) in [5.74, 6) is 1.11. The number of ether oxygens (including phenoxy) is 2. The van der Waals surface area contributed by atoms with Crippen LogP contribution in [0.15, 0.2) is 71.1 Å². The molecule has 0 saturated heterocycles. The Hall–Kier alpha value is -3.61. The van der Waals surface area contributed by atoms with Crippen LogP contribution in [0.3, 0.4) is 0 Å². The number of carboxylic acid groups (broad SMARTS) is 1. The summed E-state index contributed by atoms with van der Waals surface area (Å²) in [7, 11) is 0. The predicted molar refractivity (Wildman–Crippen MR) is 134 cm³/mol. The summed E-state index contributed by atoms with van der Waals surface area (Å²) in [5.41, 5.74) is 5.71. The highest BCUT2D eigenvalue weighted by Gasteiger charge is 2.13. The quantitative estimate of drug-likeness (QED) is 0.277. The zero-order valence-electron chi connectivity index (χ0n) is 19.6. The van der Waals surface area contributed by atoms with Gasteiger partial charge in [-0.1, -0.05) is 47.5 Å². The van der Waals surface area contributed by atoms with Crippen molar-refractivity contribution in [3.05, 3.63) is 106 Å². The summed E-state index contributed by atoms with van der Waals surface area (Å²) in [6.45, 7) is 4.11. The van der Waals surface area contributed by atoms with Crippen LogP contribution in [0.4, 0.5) is 0 Å². The van der Waals surface area contributed by atoms with Gasteiger partial charge in [0.15, 0.2) is 5.89 Å². The van der Waals surface area contributed by atoms with Gasteiger partial charge in [-0.15, -0.1) is 0 Å². The van der Waals surface area contributed by atoms with Crippen molar-refractivity contribution in [2.75, 3.05) is 6.61 Å². The Balaban J connectivity index is 1.41. The first-order valence-electron chi connectivity index (χ1n) is 11.2. The number of hydrogen-bond donors (Lipinski definition) is 1. The fourth-order valence-electron chi connectivity index (χ4n) is 3.76. The fourth-order valence-corrected chi connectivity index (χ4v) is 3.98. The third-order valence-corrected chi connectivity index (χ3v) is 5.69. The zero-order valence-corrected chi connectivity index (χ0v) is 20.3. The van der Waals surface area contributed by atoms with Crippen LogP contribution < -0.4 is 4.74 Å². The topological polar surface area (TPSA) is 81.8 Å². The molecule has 180 valence electrons. The Bertz CT molecular complexity index is 1310. The number of aromatic nitrogens is 1. The molecule has 0 aliphatic rings. The molecule has 0 spiro atoms. The van der Waals surface area contributed by atoms with Gasteiger partial charge < -0.3 is 19.0 Å². The first kappa shape index (κ1) is 24.5. The zero-order chi connectivity index (χ0) is 24.8. The molecule has 4 aromatic rings. The van der Waals surface area contributed by atoms with E-state index in [0.717, 1.165) is 39.3 Å². The lowest BCUT2D eigenvalue weighted by Crippen LogP contribution is -2.08. The molecule has 4 rings (SSSR count). The van der Waals surface area contributed by atoms with E-state index in [2.05, 4.69) is 4.98 Å². The average molecular weight is 492 g/mol. The second-order valence-corrected chi connectivity index (χ2v) is 8.73. The van der Waals surface area contributed by atoms with E-state index >= 15 is 0 Å². The van der Waals surface area contributed by atoms with E-state index in [-0.39, 0.29) is 13.2 Å². The molecule has 0 aliphatic heterocycles. The minimum atomic E-state index is -0.991. The molecule has 35 heavy (non-hydrogen) atoms. The predicted octanol–water partition coefficient (Wildman–Crippen LogP) is 6.38. The molecule has 0 bridgehead atoms. The largest absolute Gasteiger partial charge is 0.489 e. The molecule has 0 radical (unpaired) electrons. The number of carbonyl (C=O) groups is 1. The Morgan fingerprint density at radius 1 is 1.00 bits per heavy atom. The molecular formula is C28H26ClNO5. The lowest BCUT2D eigenvalue weighted by Gasteiger charge is -2.12. The normalized spacial score (nSPS) is 10.9. The Kier molecular flexibility index (Phi) is 7.85. The van der Waals surface area contributed by atoms with E-state index in [1.165, 1.54) is 0 Å². The van der Waals surface area contributed by atoms with Gasteiger partial charge in [0.1, 0.15) is 30.4 Å². The number of aliphatic carboxylic acids is 1. The molecule has 1 N–H and O–H groups in total. The Morgan fingerprint density at radius 2 is 1.80 bits per heavy atom. The summed E-state index contributed by atoms with van der Waals surface area (Å²) in [6, 6.07) is 21.3. The Labute approximate surface area is 209 Å². The number of hydrogen-bond acceptors (Lipinski definition) is 5. The van der Waals surface area contributed by atoms with E-state index in [4.69, 9.17) is 30.6 Å². The third kappa shape index (κ3) is 6.72. The average Bonchev–Trinajstić information content (AvgIpc) is 3.18. The minimum Gasteiger partial charge on any atom is -0.489 e. The van der Waals surface area contributed by atoms with Gasteiger partial charge in [-0.25, -0.2) is 9.78 Å². The molecule has 1 aromatic heterocycles. The standard InChI is InChI=1S/C28H26ClNO5/c1-18-6-7-22(23(12-18)15-33-17-27(31)32)16-34-25-10-8-21(9-11-25)28-19(2)35-26(30-28)14-20-4-3-5-24(29)13-20/h3-13H,14-17H2,1-2H3,(H,31,32). The lowest BCUT2D eigenvalue weighted by molar-refractivity contribution is -0.142. The van der Waals surface area contributed by atoms with Crippen LogP contribution in [0.2, 0.25) is 5.02 Å². The molecule has 0 aliphatic carbocycles. The van der Waals surface area contributed by atoms with Gasteiger partial charge in [0.2, 0.25) is 0 Å². The summed E-state index contributed by atoms with van der Waals surface area (Å²) in [5, 5.41) is 9.49. The maximum Gasteiger partial charge on any atom is 0.329 e. The van der Waals surface area contributed by atoms with Crippen molar-refractivity contribution in [1.29, 1.82) is 0 Å². The highest BCUT2D eigenvalue weighted by Crippen LogP contribution is 2.27. The van der Waals surface area contributed by atoms with Gasteiger partial charge >= 0.3 is 5.97 Å². The molecule has 0 saturated carbocycles. The first-order valence-corrected chi connectivity index (χ1v) is 11.6. The smallest absolute Gasteiger partial charge is 0.329 e. The second-order valence-electron chi connectivity index (χ2n) is 8.29. The van der Waals surface area contributed by atoms with Gasteiger partial charge in [0.05, 0.1) is 6.61 Å². The van der Waals surface area contributed by atoms with E-state index in [1.807, 2.05) is 80.6 Å². The fraction of sp³-hybridized carbons (Fsp3) is 0.214. The number of oxazole rings is 1. The summed E-state index contributed by atoms with van der Waals surface area (Å²) in [6.07, 6.45) is 0.567. The molecule has 1 heterocycles. The van der Waals surface area contributed by atoms with Gasteiger partial charge in [-0.3, -0.25) is 0 Å². The number of carboxylic acids is 1. The SMILES string of the molecule is Cc1ccc(COc2ccc(-c3nc(Cc4cccc(Cl)c4)oc3C)cc2)c(COCC(=O)O)c1. The summed E-state index contributed by atoms with van der Waals surface area (Å²) < 4.78 is 17.1. The van der Waals surface area contributed by atoms with Crippen LogP contribution in [0.5, 0.6) is 5.75 Å². The number of aryl methyl sites for hydroxylation is 2. The van der Waals surface area contributed by atoms with Gasteiger partial charge in [0, 0.05) is 17.0 Å². The van der Waals surface area contributed by atoms with Crippen LogP contribution in [0.25, 0.3) is 11.3 Å². The third-order valence-electron chi connectivity index (χ3n) is 5.45. The first-order chi connectivity index (χ1) is 16.9. The van der Waals surface area contributed by atoms with Crippen molar-refractivity contribution in [3.8, 4) is 17.0 Å². The number of rotatable bonds is 10. The summed E-state index contributed by atoms with van der Waals surface area (Å²) in [4.78, 5) is 15.4. The summed E-state index contributed by atoms with van der Waals surface area (Å²) >= 11 is 6.08. The molecule has 0 amide bonds. The van der Waals surface area contributed by atoms with Gasteiger partial charge in [0.25, 0.3) is 0 Å². The monoisotopic (exact) mass is 491 g/mol. The van der Waals surface area contributed by atoms with Crippen LogP contribution >= 0.6 is 11.6 Å². The van der Waals surface area contributed by atoms with Crippen LogP contribution in [-0.4, -0.2) is 22.7 Å².